The van der Waals surface area contributed by atoms with Crippen LogP contribution < -0.4 is 11.1 Å². The minimum absolute atomic E-state index is 0.0759. The van der Waals surface area contributed by atoms with Crippen LogP contribution in [0.2, 0.25) is 0 Å². The molecule has 2 amide bonds. The van der Waals surface area contributed by atoms with Gasteiger partial charge < -0.3 is 11.1 Å². The lowest BCUT2D eigenvalue weighted by atomic mass is 9.94. The summed E-state index contributed by atoms with van der Waals surface area (Å²) in [5, 5.41) is 11.3. The number of hydrogen-bond acceptors (Lipinski definition) is 5. The van der Waals surface area contributed by atoms with E-state index in [0.717, 1.165) is 12.1 Å². The normalized spacial score (nSPS) is 13.1. The maximum Gasteiger partial charge on any atom is 0.416 e. The molecule has 2 rings (SSSR count). The molecule has 0 saturated carbocycles. The lowest BCUT2D eigenvalue weighted by Crippen LogP contribution is -2.46. The second kappa shape index (κ2) is 9.62. The predicted molar refractivity (Wildman–Crippen MR) is 114 cm³/mol. The Morgan fingerprint density at radius 1 is 1.03 bits per heavy atom. The van der Waals surface area contributed by atoms with Gasteiger partial charge in [-0.15, -0.1) is 0 Å². The van der Waals surface area contributed by atoms with E-state index in [4.69, 9.17) is 11.0 Å². The average Bonchev–Trinajstić information content (AvgIpc) is 2.71. The number of hydrogen-bond donors (Lipinski definition) is 2. The van der Waals surface area contributed by atoms with Crippen molar-refractivity contribution in [3.8, 4) is 17.2 Å². The summed E-state index contributed by atoms with van der Waals surface area (Å²) in [6.07, 6.45) is -4.86. The van der Waals surface area contributed by atoms with Crippen LogP contribution >= 0.6 is 0 Å². The fraction of sp³-hybridized carbons (Fsp3) is 0.318. The van der Waals surface area contributed by atoms with Crippen LogP contribution in [-0.2, 0) is 25.6 Å². The van der Waals surface area contributed by atoms with Crippen molar-refractivity contribution in [2.75, 3.05) is 5.75 Å². The summed E-state index contributed by atoms with van der Waals surface area (Å²) in [5.41, 5.74) is 3.79. The topological polar surface area (TPSA) is 130 Å². The van der Waals surface area contributed by atoms with Crippen molar-refractivity contribution in [1.29, 1.82) is 5.26 Å². The summed E-state index contributed by atoms with van der Waals surface area (Å²) in [5.74, 6) is -2.11. The smallest absolute Gasteiger partial charge is 0.370 e. The van der Waals surface area contributed by atoms with Gasteiger partial charge in [0.2, 0.25) is 11.8 Å². The van der Waals surface area contributed by atoms with Crippen molar-refractivity contribution in [3.05, 3.63) is 54.1 Å². The van der Waals surface area contributed by atoms with Gasteiger partial charge >= 0.3 is 6.18 Å². The van der Waals surface area contributed by atoms with Crippen molar-refractivity contribution in [2.45, 2.75) is 37.4 Å². The zero-order valence-corrected chi connectivity index (χ0v) is 18.6. The number of sulfone groups is 1. The first-order valence-electron chi connectivity index (χ1n) is 9.65. The molecule has 0 spiro atoms. The van der Waals surface area contributed by atoms with E-state index in [0.29, 0.717) is 11.1 Å². The van der Waals surface area contributed by atoms with Gasteiger partial charge in [-0.1, -0.05) is 38.1 Å². The van der Waals surface area contributed by atoms with Gasteiger partial charge in [0.25, 0.3) is 0 Å². The largest absolute Gasteiger partial charge is 0.416 e. The van der Waals surface area contributed by atoms with Crippen LogP contribution in [0.4, 0.5) is 13.2 Å². The molecule has 0 aromatic heterocycles. The van der Waals surface area contributed by atoms with E-state index in [9.17, 15) is 31.2 Å². The van der Waals surface area contributed by atoms with Crippen LogP contribution in [0.1, 0.15) is 25.8 Å². The lowest BCUT2D eigenvalue weighted by Gasteiger charge is -2.24. The summed E-state index contributed by atoms with van der Waals surface area (Å²) in [4.78, 5) is 23.4. The molecule has 0 saturated heterocycles. The van der Waals surface area contributed by atoms with Crippen LogP contribution in [0.25, 0.3) is 11.1 Å². The minimum atomic E-state index is -4.46. The Balaban J connectivity index is 2.17. The van der Waals surface area contributed by atoms with Crippen LogP contribution in [0.5, 0.6) is 0 Å². The quantitative estimate of drug-likeness (QED) is 0.599. The van der Waals surface area contributed by atoms with E-state index in [1.165, 1.54) is 50.2 Å². The minimum Gasteiger partial charge on any atom is -0.370 e. The maximum atomic E-state index is 12.8. The second-order valence-electron chi connectivity index (χ2n) is 8.07. The van der Waals surface area contributed by atoms with E-state index >= 15 is 0 Å². The van der Waals surface area contributed by atoms with Crippen LogP contribution in [0.15, 0.2) is 53.4 Å². The van der Waals surface area contributed by atoms with Gasteiger partial charge in [0.05, 0.1) is 34.1 Å². The number of nitrogens with zero attached hydrogens (tertiary/aromatic N) is 1. The van der Waals surface area contributed by atoms with E-state index in [2.05, 4.69) is 5.32 Å². The number of nitrogens with one attached hydrogen (secondary N) is 1. The Morgan fingerprint density at radius 3 is 1.94 bits per heavy atom. The lowest BCUT2D eigenvalue weighted by molar-refractivity contribution is -0.137. The van der Waals surface area contributed by atoms with Gasteiger partial charge in [-0.3, -0.25) is 9.59 Å². The third kappa shape index (κ3) is 6.79. The summed E-state index contributed by atoms with van der Waals surface area (Å²) >= 11 is 0. The fourth-order valence-corrected chi connectivity index (χ4v) is 4.81. The summed E-state index contributed by atoms with van der Waals surface area (Å²) < 4.78 is 63.8. The molecule has 176 valence electrons. The number of alkyl halides is 3. The molecule has 2 aromatic carbocycles. The molecule has 0 unspecified atom stereocenters. The Hall–Kier alpha value is -3.39. The molecule has 0 bridgehead atoms. The summed E-state index contributed by atoms with van der Waals surface area (Å²) in [7, 11) is -3.94. The highest BCUT2D eigenvalue weighted by Gasteiger charge is 2.35. The fourth-order valence-electron chi connectivity index (χ4n) is 3.01. The standard InChI is InChI=1S/C22H22F3N3O4S/c1-21(2,20(30)28-17(12-26)11-19(27)29)13-33(31,32)18-9-5-15(6-10-18)14-3-7-16(8-4-14)22(23,24)25/h3-10,17H,11,13H2,1-2H3,(H2,27,29)(H,28,30)/t17-/m0/s1. The molecule has 1 atom stereocenters. The molecule has 33 heavy (non-hydrogen) atoms. The molecule has 2 aromatic rings. The number of carbonyl (C=O) groups is 2. The van der Waals surface area contributed by atoms with Crippen LogP contribution in [0.3, 0.4) is 0 Å². The van der Waals surface area contributed by atoms with Crippen molar-refractivity contribution < 1.29 is 31.2 Å². The third-order valence-corrected chi connectivity index (χ3v) is 6.88. The van der Waals surface area contributed by atoms with Crippen molar-refractivity contribution in [3.63, 3.8) is 0 Å². The molecule has 0 aliphatic rings. The van der Waals surface area contributed by atoms with Crippen LogP contribution in [0, 0.1) is 16.7 Å². The first kappa shape index (κ1) is 25.9. The highest BCUT2D eigenvalue weighted by molar-refractivity contribution is 7.91. The maximum absolute atomic E-state index is 12.8. The number of benzene rings is 2. The number of rotatable bonds is 8. The molecule has 3 N–H and O–H groups in total. The highest BCUT2D eigenvalue weighted by Crippen LogP contribution is 2.31. The van der Waals surface area contributed by atoms with Gasteiger partial charge in [-0.25, -0.2) is 8.42 Å². The molecule has 11 heteroatoms. The SMILES string of the molecule is CC(C)(CS(=O)(=O)c1ccc(-c2ccc(C(F)(F)F)cc2)cc1)C(=O)N[C@H](C#N)CC(N)=O. The summed E-state index contributed by atoms with van der Waals surface area (Å²) in [6, 6.07) is 10.5. The van der Waals surface area contributed by atoms with Gasteiger partial charge in [-0.05, 0) is 35.4 Å². The third-order valence-electron chi connectivity index (χ3n) is 4.79. The molecular formula is C22H22F3N3O4S. The van der Waals surface area contributed by atoms with Crippen molar-refractivity contribution in [1.82, 2.24) is 5.32 Å². The monoisotopic (exact) mass is 481 g/mol. The van der Waals surface area contributed by atoms with Crippen LogP contribution in [-0.4, -0.2) is 32.0 Å². The number of nitrogens with two attached hydrogens (primary N) is 1. The zero-order valence-electron chi connectivity index (χ0n) is 17.8. The molecular weight excluding hydrogens is 459 g/mol. The van der Waals surface area contributed by atoms with E-state index in [1.54, 1.807) is 6.07 Å². The van der Waals surface area contributed by atoms with Crippen molar-refractivity contribution in [2.24, 2.45) is 11.1 Å². The number of amides is 2. The zero-order chi connectivity index (χ0) is 25.0. The Labute approximate surface area is 189 Å². The van der Waals surface area contributed by atoms with Gasteiger partial charge in [0, 0.05) is 0 Å². The average molecular weight is 481 g/mol. The first-order valence-corrected chi connectivity index (χ1v) is 11.3. The summed E-state index contributed by atoms with van der Waals surface area (Å²) in [6.45, 7) is 2.77. The number of nitriles is 1. The Kier molecular flexibility index (Phi) is 7.54. The molecule has 0 aliphatic heterocycles. The number of primary amides is 1. The molecule has 0 fully saturated rings. The number of halogens is 3. The predicted octanol–water partition coefficient (Wildman–Crippen LogP) is 3.06. The highest BCUT2D eigenvalue weighted by atomic mass is 32.2. The van der Waals surface area contributed by atoms with E-state index < -0.39 is 57.0 Å². The molecule has 0 aliphatic carbocycles. The first-order chi connectivity index (χ1) is 15.2. The molecule has 0 heterocycles. The van der Waals surface area contributed by atoms with Crippen molar-refractivity contribution >= 4 is 21.7 Å². The Morgan fingerprint density at radius 2 is 1.52 bits per heavy atom. The van der Waals surface area contributed by atoms with E-state index in [-0.39, 0.29) is 4.90 Å². The van der Waals surface area contributed by atoms with E-state index in [1.807, 2.05) is 0 Å². The molecule has 7 nitrogen and oxygen atoms in total. The van der Waals surface area contributed by atoms with Gasteiger partial charge in [0.15, 0.2) is 9.84 Å². The number of carbonyl (C=O) groups excluding carboxylic acids is 2. The molecule has 0 radical (unpaired) electrons. The Bertz CT molecular complexity index is 1170. The second-order valence-corrected chi connectivity index (χ2v) is 10.1. The van der Waals surface area contributed by atoms with Gasteiger partial charge in [0.1, 0.15) is 6.04 Å². The van der Waals surface area contributed by atoms with Gasteiger partial charge in [-0.2, -0.15) is 18.4 Å².